The topological polar surface area (TPSA) is 75.6 Å². The lowest BCUT2D eigenvalue weighted by atomic mass is 10.1. The van der Waals surface area contributed by atoms with Gasteiger partial charge in [-0.1, -0.05) is 35.9 Å². The van der Waals surface area contributed by atoms with E-state index in [1.807, 2.05) is 30.3 Å². The summed E-state index contributed by atoms with van der Waals surface area (Å²) >= 11 is 6.01. The normalized spacial score (nSPS) is 13.7. The number of piperazine rings is 1. The van der Waals surface area contributed by atoms with Gasteiger partial charge in [-0.25, -0.2) is 0 Å². The number of amides is 2. The van der Waals surface area contributed by atoms with Crippen molar-refractivity contribution in [1.29, 1.82) is 0 Å². The Balaban J connectivity index is 1.37. The number of halogens is 1. The predicted octanol–water partition coefficient (Wildman–Crippen LogP) is 3.33. The maximum absolute atomic E-state index is 13.0. The summed E-state index contributed by atoms with van der Waals surface area (Å²) in [6, 6.07) is 18.2. The number of rotatable bonds is 5. The molecule has 0 aliphatic carbocycles. The molecule has 0 radical (unpaired) electrons. The number of hydrogen-bond donors (Lipinski definition) is 0. The summed E-state index contributed by atoms with van der Waals surface area (Å²) in [6.07, 6.45) is 0.305. The molecule has 0 atom stereocenters. The Morgan fingerprint density at radius 2 is 1.69 bits per heavy atom. The summed E-state index contributed by atoms with van der Waals surface area (Å²) in [4.78, 5) is 29.3. The van der Waals surface area contributed by atoms with Crippen molar-refractivity contribution in [2.24, 2.45) is 0 Å². The first-order valence-corrected chi connectivity index (χ1v) is 10.7. The molecule has 1 aliphatic rings. The van der Waals surface area contributed by atoms with Crippen molar-refractivity contribution >= 4 is 23.4 Å². The van der Waals surface area contributed by atoms with Crippen molar-refractivity contribution in [3.63, 3.8) is 0 Å². The first-order chi connectivity index (χ1) is 15.5. The average Bonchev–Trinajstić information content (AvgIpc) is 2.84. The molecule has 32 heavy (non-hydrogen) atoms. The smallest absolute Gasteiger partial charge is 0.253 e. The molecule has 0 spiro atoms. The van der Waals surface area contributed by atoms with Crippen LogP contribution in [0.1, 0.15) is 15.9 Å². The summed E-state index contributed by atoms with van der Waals surface area (Å²) in [5.74, 6) is 0.415. The second-order valence-electron chi connectivity index (χ2n) is 7.52. The summed E-state index contributed by atoms with van der Waals surface area (Å²) in [5.41, 5.74) is 2.94. The van der Waals surface area contributed by atoms with E-state index in [-0.39, 0.29) is 11.8 Å². The molecule has 1 aliphatic heterocycles. The minimum atomic E-state index is -0.0599. The molecule has 1 aromatic heterocycles. The van der Waals surface area contributed by atoms with Gasteiger partial charge in [0.05, 0.1) is 19.2 Å². The standard InChI is InChI=1S/C24H23ClN4O3/c1-32-22-9-8-21(26-27-22)18-5-3-6-19(16-18)24(31)29-12-10-28(11-13-29)23(30)15-17-4-2-7-20(25)14-17/h2-9,14,16H,10-13,15H2,1H3. The van der Waals surface area contributed by atoms with Gasteiger partial charge in [0.25, 0.3) is 5.91 Å². The molecule has 164 valence electrons. The molecule has 3 aromatic rings. The van der Waals surface area contributed by atoms with E-state index < -0.39 is 0 Å². The Morgan fingerprint density at radius 3 is 2.38 bits per heavy atom. The highest BCUT2D eigenvalue weighted by Gasteiger charge is 2.25. The first kappa shape index (κ1) is 21.8. The van der Waals surface area contributed by atoms with E-state index in [2.05, 4.69) is 10.2 Å². The van der Waals surface area contributed by atoms with Gasteiger partial charge in [0, 0.05) is 48.4 Å². The van der Waals surface area contributed by atoms with Crippen molar-refractivity contribution in [3.8, 4) is 17.1 Å². The molecular weight excluding hydrogens is 428 g/mol. The van der Waals surface area contributed by atoms with Gasteiger partial charge in [-0.2, -0.15) is 0 Å². The number of benzene rings is 2. The zero-order valence-corrected chi connectivity index (χ0v) is 18.5. The highest BCUT2D eigenvalue weighted by Crippen LogP contribution is 2.20. The van der Waals surface area contributed by atoms with Gasteiger partial charge in [0.15, 0.2) is 0 Å². The van der Waals surface area contributed by atoms with Gasteiger partial charge in [-0.3, -0.25) is 9.59 Å². The van der Waals surface area contributed by atoms with Gasteiger partial charge >= 0.3 is 0 Å². The number of ether oxygens (including phenoxy) is 1. The second kappa shape index (κ2) is 9.78. The third kappa shape index (κ3) is 5.06. The molecule has 8 heteroatoms. The largest absolute Gasteiger partial charge is 0.480 e. The molecular formula is C24H23ClN4O3. The third-order valence-corrected chi connectivity index (χ3v) is 5.65. The first-order valence-electron chi connectivity index (χ1n) is 10.3. The molecule has 0 saturated carbocycles. The van der Waals surface area contributed by atoms with E-state index >= 15 is 0 Å². The summed E-state index contributed by atoms with van der Waals surface area (Å²) in [7, 11) is 1.54. The van der Waals surface area contributed by atoms with Crippen LogP contribution >= 0.6 is 11.6 Å². The van der Waals surface area contributed by atoms with E-state index in [0.717, 1.165) is 11.1 Å². The minimum absolute atomic E-state index is 0.0412. The van der Waals surface area contributed by atoms with E-state index in [1.54, 1.807) is 40.1 Å². The van der Waals surface area contributed by atoms with E-state index in [0.29, 0.717) is 54.8 Å². The summed E-state index contributed by atoms with van der Waals surface area (Å²) in [5, 5.41) is 8.75. The van der Waals surface area contributed by atoms with Gasteiger partial charge in [0.1, 0.15) is 0 Å². The molecule has 2 amide bonds. The Hall–Kier alpha value is -3.45. The Kier molecular flexibility index (Phi) is 6.66. The van der Waals surface area contributed by atoms with Crippen LogP contribution in [0.2, 0.25) is 5.02 Å². The molecule has 0 N–H and O–H groups in total. The van der Waals surface area contributed by atoms with Crippen molar-refractivity contribution in [2.75, 3.05) is 33.3 Å². The van der Waals surface area contributed by atoms with Gasteiger partial charge < -0.3 is 14.5 Å². The lowest BCUT2D eigenvalue weighted by molar-refractivity contribution is -0.131. The zero-order chi connectivity index (χ0) is 22.5. The Labute approximate surface area is 191 Å². The van der Waals surface area contributed by atoms with Crippen LogP contribution in [0, 0.1) is 0 Å². The third-order valence-electron chi connectivity index (χ3n) is 5.42. The van der Waals surface area contributed by atoms with Crippen LogP contribution in [0.25, 0.3) is 11.3 Å². The zero-order valence-electron chi connectivity index (χ0n) is 17.7. The molecule has 7 nitrogen and oxygen atoms in total. The van der Waals surface area contributed by atoms with Crippen molar-refractivity contribution in [2.45, 2.75) is 6.42 Å². The summed E-state index contributed by atoms with van der Waals surface area (Å²) < 4.78 is 5.04. The molecule has 1 saturated heterocycles. The molecule has 0 unspecified atom stereocenters. The Bertz CT molecular complexity index is 1110. The number of carbonyl (C=O) groups is 2. The second-order valence-corrected chi connectivity index (χ2v) is 7.96. The maximum Gasteiger partial charge on any atom is 0.253 e. The van der Waals surface area contributed by atoms with E-state index in [1.165, 1.54) is 7.11 Å². The monoisotopic (exact) mass is 450 g/mol. The van der Waals surface area contributed by atoms with Crippen LogP contribution in [-0.4, -0.2) is 65.1 Å². The average molecular weight is 451 g/mol. The van der Waals surface area contributed by atoms with Crippen LogP contribution in [-0.2, 0) is 11.2 Å². The van der Waals surface area contributed by atoms with Gasteiger partial charge in [-0.15, -0.1) is 10.2 Å². The Morgan fingerprint density at radius 1 is 0.938 bits per heavy atom. The molecule has 2 heterocycles. The highest BCUT2D eigenvalue weighted by molar-refractivity contribution is 6.30. The molecule has 0 bridgehead atoms. The van der Waals surface area contributed by atoms with Crippen LogP contribution < -0.4 is 4.74 Å². The van der Waals surface area contributed by atoms with E-state index in [4.69, 9.17) is 16.3 Å². The van der Waals surface area contributed by atoms with Crippen molar-refractivity contribution in [3.05, 3.63) is 76.8 Å². The lowest BCUT2D eigenvalue weighted by Crippen LogP contribution is -2.51. The SMILES string of the molecule is COc1ccc(-c2cccc(C(=O)N3CCN(C(=O)Cc4cccc(Cl)c4)CC3)c2)nn1. The van der Waals surface area contributed by atoms with Gasteiger partial charge in [0.2, 0.25) is 11.8 Å². The number of methoxy groups -OCH3 is 1. The van der Waals surface area contributed by atoms with Crippen LogP contribution in [0.3, 0.4) is 0 Å². The fraction of sp³-hybridized carbons (Fsp3) is 0.250. The van der Waals surface area contributed by atoms with Crippen LogP contribution in [0.5, 0.6) is 5.88 Å². The van der Waals surface area contributed by atoms with Crippen molar-refractivity contribution < 1.29 is 14.3 Å². The van der Waals surface area contributed by atoms with Crippen LogP contribution in [0.15, 0.2) is 60.7 Å². The lowest BCUT2D eigenvalue weighted by Gasteiger charge is -2.35. The van der Waals surface area contributed by atoms with Gasteiger partial charge in [-0.05, 0) is 35.9 Å². The van der Waals surface area contributed by atoms with E-state index in [9.17, 15) is 9.59 Å². The fourth-order valence-electron chi connectivity index (χ4n) is 3.67. The summed E-state index contributed by atoms with van der Waals surface area (Å²) in [6.45, 7) is 2.00. The number of aromatic nitrogens is 2. The quantitative estimate of drug-likeness (QED) is 0.596. The predicted molar refractivity (Wildman–Crippen MR) is 122 cm³/mol. The number of carbonyl (C=O) groups excluding carboxylic acids is 2. The molecule has 1 fully saturated rings. The number of nitrogens with zero attached hydrogens (tertiary/aromatic N) is 4. The molecule has 2 aromatic carbocycles. The van der Waals surface area contributed by atoms with Crippen molar-refractivity contribution in [1.82, 2.24) is 20.0 Å². The minimum Gasteiger partial charge on any atom is -0.480 e. The highest BCUT2D eigenvalue weighted by atomic mass is 35.5. The maximum atomic E-state index is 13.0. The number of hydrogen-bond acceptors (Lipinski definition) is 5. The fourth-order valence-corrected chi connectivity index (χ4v) is 3.88. The van der Waals surface area contributed by atoms with Crippen LogP contribution in [0.4, 0.5) is 0 Å². The molecule has 4 rings (SSSR count).